The molecule has 1 amide bonds. The molecule has 0 radical (unpaired) electrons. The van der Waals surface area contributed by atoms with Crippen LogP contribution in [0.3, 0.4) is 0 Å². The minimum absolute atomic E-state index is 0.206. The van der Waals surface area contributed by atoms with Gasteiger partial charge in [0.2, 0.25) is 0 Å². The smallest absolute Gasteiger partial charge is 0.368 e. The number of thiazole rings is 1. The highest BCUT2D eigenvalue weighted by Gasteiger charge is 2.30. The van der Waals surface area contributed by atoms with Crippen LogP contribution in [-0.4, -0.2) is 23.6 Å². The Hall–Kier alpha value is -1.93. The number of benzene rings is 1. The molecule has 8 heteroatoms. The van der Waals surface area contributed by atoms with E-state index in [9.17, 15) is 18.0 Å². The van der Waals surface area contributed by atoms with Gasteiger partial charge < -0.3 is 4.74 Å². The molecule has 0 unspecified atom stereocenters. The first kappa shape index (κ1) is 16.9. The topological polar surface area (TPSA) is 51.2 Å². The van der Waals surface area contributed by atoms with Gasteiger partial charge in [0.1, 0.15) is 6.10 Å². The van der Waals surface area contributed by atoms with E-state index in [-0.39, 0.29) is 5.91 Å². The Balaban J connectivity index is 1.60. The number of carbonyl (C=O) groups excluding carboxylic acids is 1. The monoisotopic (exact) mass is 356 g/mol. The minimum Gasteiger partial charge on any atom is -0.368 e. The van der Waals surface area contributed by atoms with E-state index in [2.05, 4.69) is 10.3 Å². The van der Waals surface area contributed by atoms with Crippen LogP contribution in [-0.2, 0) is 22.1 Å². The fourth-order valence-corrected chi connectivity index (χ4v) is 3.28. The molecule has 2 aromatic rings. The second kappa shape index (κ2) is 6.90. The third kappa shape index (κ3) is 4.12. The summed E-state index contributed by atoms with van der Waals surface area (Å²) in [6, 6.07) is 5.04. The van der Waals surface area contributed by atoms with E-state index in [1.54, 1.807) is 6.20 Å². The first-order valence-corrected chi connectivity index (χ1v) is 8.27. The first-order valence-electron chi connectivity index (χ1n) is 7.45. The molecule has 4 nitrogen and oxygen atoms in total. The molecular weight excluding hydrogens is 341 g/mol. The number of aromatic nitrogens is 1. The molecular formula is C16H15F3N2O2S. The molecule has 0 bridgehead atoms. The SMILES string of the molecule is O=C(Nc1ncc(Cc2ccc(C(F)(F)F)cc2)s1)[C@@H]1CCCO1. The van der Waals surface area contributed by atoms with E-state index in [4.69, 9.17) is 4.74 Å². The maximum absolute atomic E-state index is 12.5. The van der Waals surface area contributed by atoms with Crippen molar-refractivity contribution in [2.75, 3.05) is 11.9 Å². The Bertz CT molecular complexity index is 707. The molecule has 0 saturated carbocycles. The number of hydrogen-bond donors (Lipinski definition) is 1. The fraction of sp³-hybridized carbons (Fsp3) is 0.375. The normalized spacial score (nSPS) is 17.9. The van der Waals surface area contributed by atoms with Crippen LogP contribution in [0.1, 0.15) is 28.8 Å². The van der Waals surface area contributed by atoms with Crippen molar-refractivity contribution in [3.05, 3.63) is 46.5 Å². The number of carbonyl (C=O) groups is 1. The molecule has 0 aliphatic carbocycles. The highest BCUT2D eigenvalue weighted by Crippen LogP contribution is 2.30. The largest absolute Gasteiger partial charge is 0.416 e. The molecule has 1 aliphatic rings. The Kier molecular flexibility index (Phi) is 4.86. The number of amides is 1. The number of nitrogens with zero attached hydrogens (tertiary/aromatic N) is 1. The number of nitrogens with one attached hydrogen (secondary N) is 1. The van der Waals surface area contributed by atoms with Gasteiger partial charge in [-0.15, -0.1) is 11.3 Å². The second-order valence-electron chi connectivity index (χ2n) is 5.49. The third-order valence-corrected chi connectivity index (χ3v) is 4.58. The molecule has 0 spiro atoms. The van der Waals surface area contributed by atoms with Crippen LogP contribution in [0.5, 0.6) is 0 Å². The van der Waals surface area contributed by atoms with Gasteiger partial charge in [-0.25, -0.2) is 4.98 Å². The number of rotatable bonds is 4. The Morgan fingerprint density at radius 3 is 2.71 bits per heavy atom. The molecule has 24 heavy (non-hydrogen) atoms. The molecule has 1 atom stereocenters. The molecule has 128 valence electrons. The maximum Gasteiger partial charge on any atom is 0.416 e. The summed E-state index contributed by atoms with van der Waals surface area (Å²) in [5.41, 5.74) is 0.0868. The lowest BCUT2D eigenvalue weighted by Gasteiger charge is -2.07. The van der Waals surface area contributed by atoms with E-state index in [1.807, 2.05) is 0 Å². The van der Waals surface area contributed by atoms with Crippen LogP contribution in [0.25, 0.3) is 0 Å². The molecule has 1 N–H and O–H groups in total. The van der Waals surface area contributed by atoms with E-state index in [0.29, 0.717) is 24.6 Å². The summed E-state index contributed by atoms with van der Waals surface area (Å²) in [5, 5.41) is 3.18. The van der Waals surface area contributed by atoms with Crippen LogP contribution in [0.4, 0.5) is 18.3 Å². The standard InChI is InChI=1S/C16H15F3N2O2S/c17-16(18,19)11-5-3-10(4-6-11)8-12-9-20-15(24-12)21-14(22)13-2-1-7-23-13/h3-6,9,13H,1-2,7-8H2,(H,20,21,22)/t13-/m0/s1. The summed E-state index contributed by atoms with van der Waals surface area (Å²) in [5.74, 6) is -0.206. The second-order valence-corrected chi connectivity index (χ2v) is 6.61. The van der Waals surface area contributed by atoms with Crippen molar-refractivity contribution < 1.29 is 22.7 Å². The van der Waals surface area contributed by atoms with Crippen molar-refractivity contribution >= 4 is 22.4 Å². The zero-order valence-electron chi connectivity index (χ0n) is 12.6. The predicted molar refractivity (Wildman–Crippen MR) is 84.0 cm³/mol. The van der Waals surface area contributed by atoms with Crippen molar-refractivity contribution in [1.29, 1.82) is 0 Å². The summed E-state index contributed by atoms with van der Waals surface area (Å²) >= 11 is 1.30. The average molecular weight is 356 g/mol. The lowest BCUT2D eigenvalue weighted by molar-refractivity contribution is -0.137. The van der Waals surface area contributed by atoms with Gasteiger partial charge in [-0.1, -0.05) is 12.1 Å². The van der Waals surface area contributed by atoms with E-state index in [1.165, 1.54) is 23.5 Å². The van der Waals surface area contributed by atoms with Gasteiger partial charge in [-0.05, 0) is 30.5 Å². The number of alkyl halides is 3. The molecule has 1 aromatic heterocycles. The van der Waals surface area contributed by atoms with Crippen molar-refractivity contribution in [3.8, 4) is 0 Å². The lowest BCUT2D eigenvalue weighted by atomic mass is 10.1. The zero-order chi connectivity index (χ0) is 17.2. The minimum atomic E-state index is -4.33. The lowest BCUT2D eigenvalue weighted by Crippen LogP contribution is -2.26. The van der Waals surface area contributed by atoms with Gasteiger partial charge in [0.05, 0.1) is 5.56 Å². The molecule has 1 fully saturated rings. The van der Waals surface area contributed by atoms with Crippen molar-refractivity contribution in [2.24, 2.45) is 0 Å². The van der Waals surface area contributed by atoms with Crippen LogP contribution < -0.4 is 5.32 Å². The Labute approximate surface area is 140 Å². The molecule has 2 heterocycles. The summed E-state index contributed by atoms with van der Waals surface area (Å²) in [7, 11) is 0. The van der Waals surface area contributed by atoms with Crippen molar-refractivity contribution in [2.45, 2.75) is 31.5 Å². The van der Waals surface area contributed by atoms with Gasteiger partial charge in [-0.2, -0.15) is 13.2 Å². The van der Waals surface area contributed by atoms with Crippen molar-refractivity contribution in [1.82, 2.24) is 4.98 Å². The maximum atomic E-state index is 12.5. The quantitative estimate of drug-likeness (QED) is 0.905. The Morgan fingerprint density at radius 2 is 2.08 bits per heavy atom. The van der Waals surface area contributed by atoms with Gasteiger partial charge in [0.25, 0.3) is 5.91 Å². The fourth-order valence-electron chi connectivity index (χ4n) is 2.43. The van der Waals surface area contributed by atoms with Gasteiger partial charge in [0, 0.05) is 24.1 Å². The Morgan fingerprint density at radius 1 is 1.33 bits per heavy atom. The van der Waals surface area contributed by atoms with Gasteiger partial charge >= 0.3 is 6.18 Å². The van der Waals surface area contributed by atoms with E-state index in [0.717, 1.165) is 29.0 Å². The van der Waals surface area contributed by atoms with Crippen molar-refractivity contribution in [3.63, 3.8) is 0 Å². The zero-order valence-corrected chi connectivity index (χ0v) is 13.4. The summed E-state index contributed by atoms with van der Waals surface area (Å²) in [6.45, 7) is 0.592. The molecule has 1 aromatic carbocycles. The first-order chi connectivity index (χ1) is 11.4. The number of halogens is 3. The van der Waals surface area contributed by atoms with Gasteiger partial charge in [0.15, 0.2) is 5.13 Å². The number of hydrogen-bond acceptors (Lipinski definition) is 4. The molecule has 1 aliphatic heterocycles. The number of anilines is 1. The predicted octanol–water partition coefficient (Wildman–Crippen LogP) is 3.87. The third-order valence-electron chi connectivity index (χ3n) is 3.67. The van der Waals surface area contributed by atoms with Crippen LogP contribution >= 0.6 is 11.3 Å². The summed E-state index contributed by atoms with van der Waals surface area (Å²) < 4.78 is 42.9. The van der Waals surface area contributed by atoms with E-state index < -0.39 is 17.8 Å². The average Bonchev–Trinajstić information content (AvgIpc) is 3.19. The van der Waals surface area contributed by atoms with Crippen LogP contribution in [0.2, 0.25) is 0 Å². The highest BCUT2D eigenvalue weighted by molar-refractivity contribution is 7.15. The van der Waals surface area contributed by atoms with Crippen LogP contribution in [0.15, 0.2) is 30.5 Å². The summed E-state index contributed by atoms with van der Waals surface area (Å²) in [6.07, 6.45) is -1.10. The summed E-state index contributed by atoms with van der Waals surface area (Å²) in [4.78, 5) is 16.9. The van der Waals surface area contributed by atoms with Gasteiger partial charge in [-0.3, -0.25) is 10.1 Å². The number of ether oxygens (including phenoxy) is 1. The van der Waals surface area contributed by atoms with Crippen LogP contribution in [0, 0.1) is 0 Å². The molecule has 3 rings (SSSR count). The highest BCUT2D eigenvalue weighted by atomic mass is 32.1. The molecule has 1 saturated heterocycles. The van der Waals surface area contributed by atoms with E-state index >= 15 is 0 Å².